The molecule has 31 heavy (non-hydrogen) atoms. The number of benzene rings is 3. The van der Waals surface area contributed by atoms with Gasteiger partial charge in [-0.15, -0.1) is 0 Å². The number of hydrogen-bond acceptors (Lipinski definition) is 4. The fourth-order valence-electron chi connectivity index (χ4n) is 2.85. The molecule has 1 heterocycles. The highest BCUT2D eigenvalue weighted by Gasteiger charge is 2.24. The Bertz CT molecular complexity index is 1200. The standard InChI is InChI=1S/C23H13Br4NO3/c24-16-7-5-14(6-8-16)22-28-20(23(29)31-22)11-13-9-18(26)21(19(27)10-13)30-12-15-3-1-2-4-17(15)25/h1-11H,12H2/b20-11-. The van der Waals surface area contributed by atoms with Crippen LogP contribution in [-0.2, 0) is 16.1 Å². The molecule has 0 fully saturated rings. The van der Waals surface area contributed by atoms with Gasteiger partial charge >= 0.3 is 5.97 Å². The fraction of sp³-hybridized carbons (Fsp3) is 0.0435. The number of carbonyl (C=O) groups is 1. The molecule has 1 aliphatic rings. The highest BCUT2D eigenvalue weighted by atomic mass is 79.9. The molecule has 8 heteroatoms. The Hall–Kier alpha value is -1.74. The summed E-state index contributed by atoms with van der Waals surface area (Å²) < 4.78 is 14.8. The Labute approximate surface area is 212 Å². The van der Waals surface area contributed by atoms with Gasteiger partial charge in [-0.2, -0.15) is 0 Å². The topological polar surface area (TPSA) is 47.9 Å². The number of halogens is 4. The molecule has 0 spiro atoms. The Balaban J connectivity index is 1.56. The minimum atomic E-state index is -0.487. The highest BCUT2D eigenvalue weighted by molar-refractivity contribution is 9.11. The van der Waals surface area contributed by atoms with E-state index in [4.69, 9.17) is 9.47 Å². The Morgan fingerprint density at radius 3 is 2.26 bits per heavy atom. The van der Waals surface area contributed by atoms with Crippen LogP contribution in [0.25, 0.3) is 6.08 Å². The zero-order valence-corrected chi connectivity index (χ0v) is 22.1. The highest BCUT2D eigenvalue weighted by Crippen LogP contribution is 2.36. The summed E-state index contributed by atoms with van der Waals surface area (Å²) in [5.74, 6) is 0.473. The summed E-state index contributed by atoms with van der Waals surface area (Å²) in [7, 11) is 0. The second kappa shape index (κ2) is 9.81. The first-order chi connectivity index (χ1) is 14.9. The van der Waals surface area contributed by atoms with Crippen LogP contribution in [0.1, 0.15) is 16.7 Å². The van der Waals surface area contributed by atoms with Crippen molar-refractivity contribution in [1.29, 1.82) is 0 Å². The van der Waals surface area contributed by atoms with Gasteiger partial charge in [0, 0.05) is 20.1 Å². The maximum absolute atomic E-state index is 12.3. The first-order valence-electron chi connectivity index (χ1n) is 9.04. The van der Waals surface area contributed by atoms with Crippen molar-refractivity contribution in [3.63, 3.8) is 0 Å². The average molecular weight is 671 g/mol. The van der Waals surface area contributed by atoms with Crippen LogP contribution in [0.3, 0.4) is 0 Å². The largest absolute Gasteiger partial charge is 0.486 e. The first-order valence-corrected chi connectivity index (χ1v) is 12.2. The molecule has 3 aromatic carbocycles. The molecule has 4 nitrogen and oxygen atoms in total. The maximum atomic E-state index is 12.3. The normalized spacial score (nSPS) is 14.5. The van der Waals surface area contributed by atoms with E-state index >= 15 is 0 Å². The van der Waals surface area contributed by atoms with Crippen molar-refractivity contribution in [2.45, 2.75) is 6.61 Å². The summed E-state index contributed by atoms with van der Waals surface area (Å²) in [6.07, 6.45) is 1.68. The number of carbonyl (C=O) groups excluding carboxylic acids is 1. The molecule has 0 atom stereocenters. The number of cyclic esters (lactones) is 1. The van der Waals surface area contributed by atoms with Gasteiger partial charge in [0.2, 0.25) is 5.90 Å². The van der Waals surface area contributed by atoms with E-state index in [1.807, 2.05) is 60.7 Å². The van der Waals surface area contributed by atoms with Gasteiger partial charge in [-0.05, 0) is 86.0 Å². The van der Waals surface area contributed by atoms with Crippen molar-refractivity contribution >= 4 is 81.7 Å². The van der Waals surface area contributed by atoms with Crippen LogP contribution >= 0.6 is 63.7 Å². The van der Waals surface area contributed by atoms with Crippen LogP contribution in [0.5, 0.6) is 5.75 Å². The lowest BCUT2D eigenvalue weighted by atomic mass is 10.2. The Morgan fingerprint density at radius 1 is 0.903 bits per heavy atom. The van der Waals surface area contributed by atoms with Gasteiger partial charge < -0.3 is 9.47 Å². The van der Waals surface area contributed by atoms with Crippen LogP contribution in [0.4, 0.5) is 0 Å². The monoisotopic (exact) mass is 667 g/mol. The summed E-state index contributed by atoms with van der Waals surface area (Å²) in [6, 6.07) is 19.0. The van der Waals surface area contributed by atoms with Crippen molar-refractivity contribution in [3.8, 4) is 5.75 Å². The first kappa shape index (κ1) is 22.5. The second-order valence-corrected chi connectivity index (χ2v) is 10.0. The van der Waals surface area contributed by atoms with Crippen LogP contribution in [0, 0.1) is 0 Å². The van der Waals surface area contributed by atoms with Crippen molar-refractivity contribution in [2.24, 2.45) is 4.99 Å². The summed E-state index contributed by atoms with van der Waals surface area (Å²) in [4.78, 5) is 16.6. The molecule has 0 aromatic heterocycles. The lowest BCUT2D eigenvalue weighted by Gasteiger charge is -2.12. The second-order valence-electron chi connectivity index (χ2n) is 6.54. The van der Waals surface area contributed by atoms with E-state index in [2.05, 4.69) is 68.7 Å². The minimum absolute atomic E-state index is 0.235. The number of hydrogen-bond donors (Lipinski definition) is 0. The molecular weight excluding hydrogens is 658 g/mol. The maximum Gasteiger partial charge on any atom is 0.363 e. The molecule has 3 aromatic rings. The lowest BCUT2D eigenvalue weighted by Crippen LogP contribution is -2.05. The van der Waals surface area contributed by atoms with E-state index in [0.29, 0.717) is 12.4 Å². The summed E-state index contributed by atoms with van der Waals surface area (Å²) in [5.41, 5.74) is 2.78. The summed E-state index contributed by atoms with van der Waals surface area (Å²) in [6.45, 7) is 0.409. The SMILES string of the molecule is O=C1OC(c2ccc(Br)cc2)=N/C1=C\c1cc(Br)c(OCc2ccccc2Br)c(Br)c1. The average Bonchev–Trinajstić information content (AvgIpc) is 3.09. The molecule has 0 radical (unpaired) electrons. The van der Waals surface area contributed by atoms with Crippen molar-refractivity contribution in [3.05, 3.63) is 101 Å². The van der Waals surface area contributed by atoms with Crippen LogP contribution in [0.2, 0.25) is 0 Å². The number of nitrogens with zero attached hydrogens (tertiary/aromatic N) is 1. The molecular formula is C23H13Br4NO3. The number of rotatable bonds is 5. The van der Waals surface area contributed by atoms with Gasteiger partial charge in [-0.25, -0.2) is 9.79 Å². The molecule has 0 saturated carbocycles. The lowest BCUT2D eigenvalue weighted by molar-refractivity contribution is -0.129. The molecule has 0 N–H and O–H groups in total. The van der Waals surface area contributed by atoms with Gasteiger partial charge in [0.15, 0.2) is 5.70 Å². The minimum Gasteiger partial charge on any atom is -0.486 e. The molecule has 0 amide bonds. The summed E-state index contributed by atoms with van der Waals surface area (Å²) in [5, 5.41) is 0. The van der Waals surface area contributed by atoms with E-state index < -0.39 is 5.97 Å². The fourth-order valence-corrected chi connectivity index (χ4v) is 4.96. The molecule has 1 aliphatic heterocycles. The molecule has 0 unspecified atom stereocenters. The van der Waals surface area contributed by atoms with E-state index in [9.17, 15) is 4.79 Å². The molecule has 0 saturated heterocycles. The van der Waals surface area contributed by atoms with Crippen molar-refractivity contribution < 1.29 is 14.3 Å². The third kappa shape index (κ3) is 5.37. The number of ether oxygens (including phenoxy) is 2. The van der Waals surface area contributed by atoms with Crippen molar-refractivity contribution in [2.75, 3.05) is 0 Å². The van der Waals surface area contributed by atoms with Crippen molar-refractivity contribution in [1.82, 2.24) is 0 Å². The quantitative estimate of drug-likeness (QED) is 0.207. The van der Waals surface area contributed by atoms with Gasteiger partial charge in [-0.3, -0.25) is 0 Å². The van der Waals surface area contributed by atoms with E-state index in [1.165, 1.54) is 0 Å². The zero-order valence-electron chi connectivity index (χ0n) is 15.7. The number of aliphatic imine (C=N–C) groups is 1. The van der Waals surface area contributed by atoms with E-state index in [-0.39, 0.29) is 11.6 Å². The van der Waals surface area contributed by atoms with Crippen LogP contribution in [-0.4, -0.2) is 11.9 Å². The smallest absolute Gasteiger partial charge is 0.363 e. The predicted octanol–water partition coefficient (Wildman–Crippen LogP) is 7.66. The number of esters is 1. The van der Waals surface area contributed by atoms with Crippen LogP contribution in [0.15, 0.2) is 89.2 Å². The molecule has 0 aliphatic carbocycles. The van der Waals surface area contributed by atoms with E-state index in [0.717, 1.165) is 34.6 Å². The third-order valence-electron chi connectivity index (χ3n) is 4.37. The Kier molecular flexibility index (Phi) is 7.11. The molecule has 0 bridgehead atoms. The third-order valence-corrected chi connectivity index (χ3v) is 6.85. The predicted molar refractivity (Wildman–Crippen MR) is 135 cm³/mol. The van der Waals surface area contributed by atoms with Gasteiger partial charge in [0.05, 0.1) is 8.95 Å². The molecule has 4 rings (SSSR count). The van der Waals surface area contributed by atoms with E-state index in [1.54, 1.807) is 6.08 Å². The van der Waals surface area contributed by atoms with Gasteiger partial charge in [0.25, 0.3) is 0 Å². The molecule has 156 valence electrons. The summed E-state index contributed by atoms with van der Waals surface area (Å²) >= 11 is 14.0. The van der Waals surface area contributed by atoms with Gasteiger partial charge in [-0.1, -0.05) is 50.1 Å². The Morgan fingerprint density at radius 2 is 1.58 bits per heavy atom. The zero-order chi connectivity index (χ0) is 22.0. The van der Waals surface area contributed by atoms with Gasteiger partial charge in [0.1, 0.15) is 12.4 Å². The van der Waals surface area contributed by atoms with Crippen LogP contribution < -0.4 is 4.74 Å².